The van der Waals surface area contributed by atoms with Crippen LogP contribution in [0, 0.1) is 5.82 Å². The molecule has 1 aliphatic rings. The highest BCUT2D eigenvalue weighted by Crippen LogP contribution is 2.25. The predicted molar refractivity (Wildman–Crippen MR) is 121 cm³/mol. The van der Waals surface area contributed by atoms with Crippen LogP contribution in [0.15, 0.2) is 57.9 Å². The van der Waals surface area contributed by atoms with Crippen molar-refractivity contribution in [2.24, 2.45) is 5.73 Å². The zero-order valence-corrected chi connectivity index (χ0v) is 19.4. The van der Waals surface area contributed by atoms with Crippen LogP contribution in [0.1, 0.15) is 6.42 Å². The van der Waals surface area contributed by atoms with Crippen molar-refractivity contribution in [1.82, 2.24) is 14.5 Å². The Kier molecular flexibility index (Phi) is 7.82. The molecular weight excluding hydrogens is 505 g/mol. The Hall–Kier alpha value is -2.54. The van der Waals surface area contributed by atoms with Gasteiger partial charge in [-0.05, 0) is 48.9 Å². The SMILES string of the molecule is NCCNC(=O)C1N(C(=O)Nc2cccc(Br)c2)CCCN1S(=O)(=O)c1ccc(F)cc1. The molecule has 172 valence electrons. The molecule has 3 amide bonds. The van der Waals surface area contributed by atoms with E-state index in [1.807, 2.05) is 0 Å². The quantitative estimate of drug-likeness (QED) is 0.529. The molecule has 4 N–H and O–H groups in total. The first-order valence-electron chi connectivity index (χ1n) is 9.82. The fraction of sp³-hybridized carbons (Fsp3) is 0.300. The molecule has 0 saturated carbocycles. The van der Waals surface area contributed by atoms with E-state index in [9.17, 15) is 22.4 Å². The number of amides is 3. The number of nitrogens with two attached hydrogens (primary N) is 1. The second-order valence-corrected chi connectivity index (χ2v) is 9.82. The molecular formula is C20H23BrFN5O4S. The standard InChI is InChI=1S/C20H23BrFN5O4S/c21-14-3-1-4-16(13-14)25-20(29)26-11-2-12-27(19(26)18(28)24-10-9-23)32(30,31)17-7-5-15(22)6-8-17/h1,3-8,13,19H,2,9-12,23H2,(H,24,28)(H,25,29). The highest BCUT2D eigenvalue weighted by atomic mass is 79.9. The van der Waals surface area contributed by atoms with E-state index in [0.717, 1.165) is 37.9 Å². The van der Waals surface area contributed by atoms with Crippen molar-refractivity contribution in [3.05, 3.63) is 58.8 Å². The highest BCUT2D eigenvalue weighted by molar-refractivity contribution is 9.10. The van der Waals surface area contributed by atoms with Crippen molar-refractivity contribution in [3.8, 4) is 0 Å². The van der Waals surface area contributed by atoms with Gasteiger partial charge in [0.05, 0.1) is 4.90 Å². The first-order chi connectivity index (χ1) is 15.2. The number of hydrogen-bond acceptors (Lipinski definition) is 5. The average Bonchev–Trinajstić information content (AvgIpc) is 2.77. The van der Waals surface area contributed by atoms with Gasteiger partial charge in [-0.3, -0.25) is 9.69 Å². The van der Waals surface area contributed by atoms with Crippen molar-refractivity contribution < 1.29 is 22.4 Å². The van der Waals surface area contributed by atoms with Gasteiger partial charge in [0, 0.05) is 36.3 Å². The van der Waals surface area contributed by atoms with E-state index in [1.54, 1.807) is 24.3 Å². The number of urea groups is 1. The van der Waals surface area contributed by atoms with Crippen LogP contribution < -0.4 is 16.4 Å². The molecule has 1 aliphatic heterocycles. The first kappa shape index (κ1) is 24.1. The molecule has 3 rings (SSSR count). The average molecular weight is 528 g/mol. The molecule has 1 unspecified atom stereocenters. The number of nitrogens with zero attached hydrogens (tertiary/aromatic N) is 2. The zero-order valence-electron chi connectivity index (χ0n) is 17.0. The summed E-state index contributed by atoms with van der Waals surface area (Å²) in [7, 11) is -4.20. The van der Waals surface area contributed by atoms with Gasteiger partial charge in [0.1, 0.15) is 5.82 Å². The molecule has 2 aromatic rings. The van der Waals surface area contributed by atoms with E-state index in [0.29, 0.717) is 12.1 Å². The molecule has 9 nitrogen and oxygen atoms in total. The van der Waals surface area contributed by atoms with Crippen LogP contribution in [0.2, 0.25) is 0 Å². The maximum atomic E-state index is 13.3. The smallest absolute Gasteiger partial charge is 0.323 e. The number of nitrogens with one attached hydrogen (secondary N) is 2. The molecule has 0 radical (unpaired) electrons. The molecule has 1 heterocycles. The predicted octanol–water partition coefficient (Wildman–Crippen LogP) is 1.92. The minimum absolute atomic E-state index is 0.0150. The topological polar surface area (TPSA) is 125 Å². The van der Waals surface area contributed by atoms with E-state index >= 15 is 0 Å². The zero-order chi connectivity index (χ0) is 23.3. The van der Waals surface area contributed by atoms with Gasteiger partial charge >= 0.3 is 6.03 Å². The number of rotatable bonds is 6. The van der Waals surface area contributed by atoms with Gasteiger partial charge in [-0.2, -0.15) is 4.31 Å². The second-order valence-electron chi connectivity index (χ2n) is 7.01. The summed E-state index contributed by atoms with van der Waals surface area (Å²) < 4.78 is 41.6. The van der Waals surface area contributed by atoms with Gasteiger partial charge in [0.25, 0.3) is 5.91 Å². The van der Waals surface area contributed by atoms with Crippen LogP contribution in [-0.2, 0) is 14.8 Å². The normalized spacial score (nSPS) is 17.1. The number of benzene rings is 2. The number of halogens is 2. The molecule has 1 atom stereocenters. The summed E-state index contributed by atoms with van der Waals surface area (Å²) in [4.78, 5) is 27.0. The van der Waals surface area contributed by atoms with E-state index in [1.165, 1.54) is 0 Å². The minimum Gasteiger partial charge on any atom is -0.352 e. The lowest BCUT2D eigenvalue weighted by Crippen LogP contribution is -2.64. The van der Waals surface area contributed by atoms with Crippen molar-refractivity contribution in [3.63, 3.8) is 0 Å². The highest BCUT2D eigenvalue weighted by Gasteiger charge is 2.44. The lowest BCUT2D eigenvalue weighted by Gasteiger charge is -2.41. The van der Waals surface area contributed by atoms with Crippen LogP contribution in [0.5, 0.6) is 0 Å². The molecule has 12 heteroatoms. The summed E-state index contributed by atoms with van der Waals surface area (Å²) in [6.07, 6.45) is -1.12. The summed E-state index contributed by atoms with van der Waals surface area (Å²) in [5.74, 6) is -1.26. The van der Waals surface area contributed by atoms with Gasteiger partial charge in [0.2, 0.25) is 10.0 Å². The largest absolute Gasteiger partial charge is 0.352 e. The molecule has 1 saturated heterocycles. The lowest BCUT2D eigenvalue weighted by molar-refractivity contribution is -0.130. The van der Waals surface area contributed by atoms with E-state index in [2.05, 4.69) is 26.6 Å². The minimum atomic E-state index is -4.20. The summed E-state index contributed by atoms with van der Waals surface area (Å²) >= 11 is 3.32. The van der Waals surface area contributed by atoms with Crippen molar-refractivity contribution in [1.29, 1.82) is 0 Å². The Balaban J connectivity index is 1.94. The Morgan fingerprint density at radius 2 is 1.88 bits per heavy atom. The van der Waals surface area contributed by atoms with Crippen LogP contribution in [0.3, 0.4) is 0 Å². The van der Waals surface area contributed by atoms with E-state index in [-0.39, 0.29) is 31.1 Å². The fourth-order valence-electron chi connectivity index (χ4n) is 3.32. The summed E-state index contributed by atoms with van der Waals surface area (Å²) in [5, 5.41) is 5.26. The molecule has 0 aliphatic carbocycles. The van der Waals surface area contributed by atoms with Crippen molar-refractivity contribution >= 4 is 43.6 Å². The Morgan fingerprint density at radius 1 is 1.16 bits per heavy atom. The number of carbonyl (C=O) groups excluding carboxylic acids is 2. The van der Waals surface area contributed by atoms with E-state index < -0.39 is 33.9 Å². The maximum absolute atomic E-state index is 13.3. The molecule has 0 spiro atoms. The van der Waals surface area contributed by atoms with E-state index in [4.69, 9.17) is 5.73 Å². The number of anilines is 1. The molecule has 32 heavy (non-hydrogen) atoms. The summed E-state index contributed by atoms with van der Waals surface area (Å²) in [6.45, 7) is 0.436. The first-order valence-corrected chi connectivity index (χ1v) is 12.1. The van der Waals surface area contributed by atoms with Crippen LogP contribution in [0.25, 0.3) is 0 Å². The van der Waals surface area contributed by atoms with Gasteiger partial charge in [0.15, 0.2) is 6.17 Å². The summed E-state index contributed by atoms with van der Waals surface area (Å²) in [5.41, 5.74) is 5.94. The number of sulfonamides is 1. The third-order valence-corrected chi connectivity index (χ3v) is 7.14. The Labute approximate surface area is 193 Å². The Morgan fingerprint density at radius 3 is 2.53 bits per heavy atom. The maximum Gasteiger partial charge on any atom is 0.323 e. The van der Waals surface area contributed by atoms with Crippen LogP contribution in [0.4, 0.5) is 14.9 Å². The third-order valence-electron chi connectivity index (χ3n) is 4.78. The third kappa shape index (κ3) is 5.44. The number of carbonyl (C=O) groups is 2. The Bertz CT molecular complexity index is 1080. The van der Waals surface area contributed by atoms with Gasteiger partial charge in [-0.25, -0.2) is 17.6 Å². The van der Waals surface area contributed by atoms with Gasteiger partial charge in [-0.15, -0.1) is 0 Å². The fourth-order valence-corrected chi connectivity index (χ4v) is 5.32. The molecule has 0 bridgehead atoms. The molecule has 0 aromatic heterocycles. The number of hydrogen-bond donors (Lipinski definition) is 3. The van der Waals surface area contributed by atoms with Gasteiger partial charge < -0.3 is 16.4 Å². The monoisotopic (exact) mass is 527 g/mol. The second kappa shape index (κ2) is 10.4. The van der Waals surface area contributed by atoms with Crippen LogP contribution in [-0.4, -0.2) is 61.9 Å². The van der Waals surface area contributed by atoms with Gasteiger partial charge in [-0.1, -0.05) is 22.0 Å². The van der Waals surface area contributed by atoms with Crippen molar-refractivity contribution in [2.45, 2.75) is 17.5 Å². The molecule has 2 aromatic carbocycles. The lowest BCUT2D eigenvalue weighted by atomic mass is 10.2. The van der Waals surface area contributed by atoms with Crippen LogP contribution >= 0.6 is 15.9 Å². The summed E-state index contributed by atoms with van der Waals surface area (Å²) in [6, 6.07) is 10.5. The molecule has 1 fully saturated rings. The van der Waals surface area contributed by atoms with Crippen molar-refractivity contribution in [2.75, 3.05) is 31.5 Å².